The first kappa shape index (κ1) is 13.4. The van der Waals surface area contributed by atoms with E-state index in [2.05, 4.69) is 38.3 Å². The van der Waals surface area contributed by atoms with Crippen LogP contribution in [-0.2, 0) is 0 Å². The molecule has 0 aromatic carbocycles. The molecule has 15 heavy (non-hydrogen) atoms. The van der Waals surface area contributed by atoms with Crippen molar-refractivity contribution in [2.24, 2.45) is 17.8 Å². The van der Waals surface area contributed by atoms with E-state index in [0.717, 1.165) is 23.5 Å². The molecule has 0 spiro atoms. The molecule has 0 heterocycles. The van der Waals surface area contributed by atoms with Crippen molar-refractivity contribution >= 4 is 12.6 Å². The summed E-state index contributed by atoms with van der Waals surface area (Å²) in [4.78, 5) is 2.67. The fourth-order valence-electron chi connectivity index (χ4n) is 2.05. The molecule has 0 aromatic heterocycles. The van der Waals surface area contributed by atoms with Gasteiger partial charge in [0.25, 0.3) is 0 Å². The quantitative estimate of drug-likeness (QED) is 0.625. The fraction of sp³-hybridized carbons (Fsp3) is 1.00. The summed E-state index contributed by atoms with van der Waals surface area (Å²) in [5, 5.41) is 0. The van der Waals surface area contributed by atoms with Gasteiger partial charge in [-0.15, -0.1) is 0 Å². The van der Waals surface area contributed by atoms with Gasteiger partial charge in [-0.1, -0.05) is 20.8 Å². The van der Waals surface area contributed by atoms with Crippen LogP contribution in [0.25, 0.3) is 0 Å². The van der Waals surface area contributed by atoms with Gasteiger partial charge in [0, 0.05) is 13.1 Å². The second kappa shape index (κ2) is 6.80. The van der Waals surface area contributed by atoms with Crippen molar-refractivity contribution < 1.29 is 0 Å². The number of hydrogen-bond donors (Lipinski definition) is 1. The van der Waals surface area contributed by atoms with Crippen molar-refractivity contribution in [2.75, 3.05) is 25.4 Å². The first-order valence-corrected chi connectivity index (χ1v) is 7.13. The van der Waals surface area contributed by atoms with E-state index in [9.17, 15) is 0 Å². The second-order valence-corrected chi connectivity index (χ2v) is 5.75. The van der Waals surface area contributed by atoms with Gasteiger partial charge in [0.1, 0.15) is 0 Å². The molecule has 1 nitrogen and oxygen atoms in total. The van der Waals surface area contributed by atoms with Gasteiger partial charge >= 0.3 is 0 Å². The third-order valence-corrected chi connectivity index (χ3v) is 3.89. The van der Waals surface area contributed by atoms with E-state index in [1.807, 2.05) is 0 Å². The summed E-state index contributed by atoms with van der Waals surface area (Å²) in [6.45, 7) is 10.8. The van der Waals surface area contributed by atoms with Crippen LogP contribution in [0.4, 0.5) is 0 Å². The van der Waals surface area contributed by atoms with Gasteiger partial charge in [-0.05, 0) is 49.3 Å². The molecule has 1 atom stereocenters. The summed E-state index contributed by atoms with van der Waals surface area (Å²) >= 11 is 4.48. The van der Waals surface area contributed by atoms with Crippen molar-refractivity contribution in [1.29, 1.82) is 0 Å². The zero-order valence-corrected chi connectivity index (χ0v) is 11.5. The molecule has 1 saturated carbocycles. The standard InChI is InChI=1S/C13H27NS/c1-4-7-14(8-12-5-6-12)9-13(10-15)11(2)3/h11-13,15H,4-10H2,1-3H3. The maximum atomic E-state index is 4.48. The summed E-state index contributed by atoms with van der Waals surface area (Å²) in [6, 6.07) is 0. The van der Waals surface area contributed by atoms with Crippen LogP contribution >= 0.6 is 12.6 Å². The van der Waals surface area contributed by atoms with Crippen LogP contribution < -0.4 is 0 Å². The molecule has 0 amide bonds. The van der Waals surface area contributed by atoms with Gasteiger partial charge in [-0.25, -0.2) is 0 Å². The molecule has 90 valence electrons. The van der Waals surface area contributed by atoms with E-state index in [-0.39, 0.29) is 0 Å². The first-order chi connectivity index (χ1) is 7.17. The normalized spacial score (nSPS) is 18.8. The Hall–Kier alpha value is 0.310. The third kappa shape index (κ3) is 5.26. The van der Waals surface area contributed by atoms with Gasteiger partial charge in [0.05, 0.1) is 0 Å². The SMILES string of the molecule is CCCN(CC1CC1)CC(CS)C(C)C. The molecular weight excluding hydrogens is 202 g/mol. The molecule has 1 fully saturated rings. The first-order valence-electron chi connectivity index (χ1n) is 6.50. The molecule has 0 radical (unpaired) electrons. The Labute approximate surface area is 101 Å². The highest BCUT2D eigenvalue weighted by Gasteiger charge is 2.25. The van der Waals surface area contributed by atoms with Crippen LogP contribution in [-0.4, -0.2) is 30.3 Å². The third-order valence-electron chi connectivity index (χ3n) is 3.42. The minimum Gasteiger partial charge on any atom is -0.303 e. The highest BCUT2D eigenvalue weighted by molar-refractivity contribution is 7.80. The predicted octanol–water partition coefficient (Wildman–Crippen LogP) is 3.31. The number of nitrogens with zero attached hydrogens (tertiary/aromatic N) is 1. The molecule has 2 heteroatoms. The van der Waals surface area contributed by atoms with Crippen molar-refractivity contribution in [3.05, 3.63) is 0 Å². The zero-order valence-electron chi connectivity index (χ0n) is 10.6. The minimum atomic E-state index is 0.763. The lowest BCUT2D eigenvalue weighted by Crippen LogP contribution is -2.34. The molecule has 1 unspecified atom stereocenters. The molecular formula is C13H27NS. The molecule has 1 aliphatic rings. The summed E-state index contributed by atoms with van der Waals surface area (Å²) in [5.41, 5.74) is 0. The van der Waals surface area contributed by atoms with E-state index in [1.165, 1.54) is 38.9 Å². The Bertz CT molecular complexity index is 166. The lowest BCUT2D eigenvalue weighted by Gasteiger charge is -2.28. The van der Waals surface area contributed by atoms with Crippen LogP contribution in [0.15, 0.2) is 0 Å². The lowest BCUT2D eigenvalue weighted by atomic mass is 9.97. The lowest BCUT2D eigenvalue weighted by molar-refractivity contribution is 0.207. The van der Waals surface area contributed by atoms with Crippen LogP contribution in [0, 0.1) is 17.8 Å². The summed E-state index contributed by atoms with van der Waals surface area (Å²) in [5.74, 6) is 3.58. The summed E-state index contributed by atoms with van der Waals surface area (Å²) < 4.78 is 0. The van der Waals surface area contributed by atoms with Gasteiger partial charge in [0.2, 0.25) is 0 Å². The topological polar surface area (TPSA) is 3.24 Å². The Balaban J connectivity index is 2.32. The fourth-order valence-corrected chi connectivity index (χ4v) is 2.59. The second-order valence-electron chi connectivity index (χ2n) is 5.39. The Morgan fingerprint density at radius 3 is 2.40 bits per heavy atom. The van der Waals surface area contributed by atoms with Crippen LogP contribution in [0.3, 0.4) is 0 Å². The van der Waals surface area contributed by atoms with Crippen molar-refractivity contribution in [1.82, 2.24) is 4.90 Å². The Morgan fingerprint density at radius 1 is 1.33 bits per heavy atom. The minimum absolute atomic E-state index is 0.763. The number of thiol groups is 1. The Morgan fingerprint density at radius 2 is 2.00 bits per heavy atom. The maximum Gasteiger partial charge on any atom is 0.00200 e. The molecule has 0 aromatic rings. The largest absolute Gasteiger partial charge is 0.303 e. The highest BCUT2D eigenvalue weighted by atomic mass is 32.1. The van der Waals surface area contributed by atoms with Crippen LogP contribution in [0.2, 0.25) is 0 Å². The highest BCUT2D eigenvalue weighted by Crippen LogP contribution is 2.30. The summed E-state index contributed by atoms with van der Waals surface area (Å²) in [6.07, 6.45) is 4.21. The van der Waals surface area contributed by atoms with Crippen molar-refractivity contribution in [3.8, 4) is 0 Å². The smallest absolute Gasteiger partial charge is 0.00200 e. The van der Waals surface area contributed by atoms with Crippen LogP contribution in [0.5, 0.6) is 0 Å². The van der Waals surface area contributed by atoms with Crippen molar-refractivity contribution in [2.45, 2.75) is 40.0 Å². The van der Waals surface area contributed by atoms with E-state index in [1.54, 1.807) is 0 Å². The maximum absolute atomic E-state index is 4.48. The van der Waals surface area contributed by atoms with E-state index < -0.39 is 0 Å². The molecule has 0 saturated heterocycles. The summed E-state index contributed by atoms with van der Waals surface area (Å²) in [7, 11) is 0. The molecule has 0 N–H and O–H groups in total. The molecule has 0 aliphatic heterocycles. The van der Waals surface area contributed by atoms with Gasteiger partial charge in [0.15, 0.2) is 0 Å². The van der Waals surface area contributed by atoms with Gasteiger partial charge < -0.3 is 4.90 Å². The number of hydrogen-bond acceptors (Lipinski definition) is 2. The Kier molecular flexibility index (Phi) is 6.06. The average molecular weight is 229 g/mol. The van der Waals surface area contributed by atoms with E-state index >= 15 is 0 Å². The average Bonchev–Trinajstić information content (AvgIpc) is 2.97. The van der Waals surface area contributed by atoms with E-state index in [0.29, 0.717) is 0 Å². The molecule has 1 aliphatic carbocycles. The van der Waals surface area contributed by atoms with E-state index in [4.69, 9.17) is 0 Å². The monoisotopic (exact) mass is 229 g/mol. The van der Waals surface area contributed by atoms with Gasteiger partial charge in [-0.2, -0.15) is 12.6 Å². The van der Waals surface area contributed by atoms with Crippen molar-refractivity contribution in [3.63, 3.8) is 0 Å². The molecule has 0 bridgehead atoms. The zero-order chi connectivity index (χ0) is 11.3. The van der Waals surface area contributed by atoms with Gasteiger partial charge in [-0.3, -0.25) is 0 Å². The number of rotatable bonds is 8. The van der Waals surface area contributed by atoms with Crippen LogP contribution in [0.1, 0.15) is 40.0 Å². The predicted molar refractivity (Wildman–Crippen MR) is 71.6 cm³/mol. The molecule has 1 rings (SSSR count).